The number of nitrogens with two attached hydrogens (primary N) is 1. The van der Waals surface area contributed by atoms with E-state index in [9.17, 15) is 0 Å². The number of nitrogens with zero attached hydrogens (tertiary/aromatic N) is 1. The fourth-order valence-corrected chi connectivity index (χ4v) is 2.52. The van der Waals surface area contributed by atoms with Crippen LogP contribution in [0.2, 0.25) is 15.1 Å². The maximum atomic E-state index is 6.13. The van der Waals surface area contributed by atoms with Crippen LogP contribution in [0.25, 0.3) is 22.6 Å². The van der Waals surface area contributed by atoms with Crippen molar-refractivity contribution >= 4 is 51.6 Å². The van der Waals surface area contributed by atoms with Crippen LogP contribution in [0.1, 0.15) is 5.56 Å². The average Bonchev–Trinajstić information content (AvgIpc) is 2.83. The molecule has 6 heteroatoms. The standard InChI is InChI=1S/C14H9Cl3N2O/c1-6-2-3-7(4-8(6)15)14-19-13-10(20-14)5-9(16)12(18)11(13)17/h2-5H,18H2,1H3. The van der Waals surface area contributed by atoms with Gasteiger partial charge in [0.25, 0.3) is 0 Å². The molecule has 0 radical (unpaired) electrons. The van der Waals surface area contributed by atoms with E-state index in [1.807, 2.05) is 19.1 Å². The van der Waals surface area contributed by atoms with Crippen molar-refractivity contribution in [2.75, 3.05) is 5.73 Å². The molecule has 0 saturated heterocycles. The Morgan fingerprint density at radius 2 is 1.85 bits per heavy atom. The minimum Gasteiger partial charge on any atom is -0.436 e. The minimum absolute atomic E-state index is 0.292. The maximum Gasteiger partial charge on any atom is 0.227 e. The van der Waals surface area contributed by atoms with Gasteiger partial charge in [0.15, 0.2) is 5.58 Å². The van der Waals surface area contributed by atoms with Crippen molar-refractivity contribution in [2.45, 2.75) is 6.92 Å². The van der Waals surface area contributed by atoms with E-state index in [0.717, 1.165) is 11.1 Å². The fourth-order valence-electron chi connectivity index (χ4n) is 1.86. The average molecular weight is 328 g/mol. The number of hydrogen-bond acceptors (Lipinski definition) is 3. The van der Waals surface area contributed by atoms with E-state index >= 15 is 0 Å². The Hall–Kier alpha value is -1.42. The molecule has 0 unspecified atom stereocenters. The van der Waals surface area contributed by atoms with Gasteiger partial charge in [-0.1, -0.05) is 40.9 Å². The van der Waals surface area contributed by atoms with Crippen LogP contribution >= 0.6 is 34.8 Å². The molecule has 20 heavy (non-hydrogen) atoms. The summed E-state index contributed by atoms with van der Waals surface area (Å²) in [5.74, 6) is 0.422. The fraction of sp³-hybridized carbons (Fsp3) is 0.0714. The minimum atomic E-state index is 0.292. The molecule has 3 aromatic rings. The third-order valence-electron chi connectivity index (χ3n) is 3.03. The summed E-state index contributed by atoms with van der Waals surface area (Å²) in [6.45, 7) is 1.93. The predicted octanol–water partition coefficient (Wildman–Crippen LogP) is 5.35. The lowest BCUT2D eigenvalue weighted by molar-refractivity contribution is 0.620. The Morgan fingerprint density at radius 3 is 2.55 bits per heavy atom. The van der Waals surface area contributed by atoms with E-state index in [4.69, 9.17) is 45.0 Å². The smallest absolute Gasteiger partial charge is 0.227 e. The number of anilines is 1. The number of aryl methyl sites for hydroxylation is 1. The quantitative estimate of drug-likeness (QED) is 0.613. The number of oxazole rings is 1. The normalized spacial score (nSPS) is 11.2. The topological polar surface area (TPSA) is 52.0 Å². The summed E-state index contributed by atoms with van der Waals surface area (Å²) in [6, 6.07) is 7.17. The summed E-state index contributed by atoms with van der Waals surface area (Å²) in [6.07, 6.45) is 0. The van der Waals surface area contributed by atoms with Crippen LogP contribution in [0.4, 0.5) is 5.69 Å². The van der Waals surface area contributed by atoms with E-state index in [0.29, 0.717) is 37.7 Å². The third kappa shape index (κ3) is 2.12. The number of benzene rings is 2. The van der Waals surface area contributed by atoms with Gasteiger partial charge in [0.05, 0.1) is 15.7 Å². The van der Waals surface area contributed by atoms with Crippen molar-refractivity contribution in [3.63, 3.8) is 0 Å². The molecule has 2 N–H and O–H groups in total. The Labute approximate surface area is 130 Å². The van der Waals surface area contributed by atoms with Crippen LogP contribution in [-0.2, 0) is 0 Å². The van der Waals surface area contributed by atoms with Crippen molar-refractivity contribution in [3.05, 3.63) is 44.9 Å². The summed E-state index contributed by atoms with van der Waals surface area (Å²) < 4.78 is 5.67. The van der Waals surface area contributed by atoms with Crippen LogP contribution in [0, 0.1) is 6.92 Å². The summed E-state index contributed by atoms with van der Waals surface area (Å²) in [5, 5.41) is 1.28. The number of aromatic nitrogens is 1. The lowest BCUT2D eigenvalue weighted by atomic mass is 10.1. The summed E-state index contributed by atoms with van der Waals surface area (Å²) >= 11 is 18.2. The van der Waals surface area contributed by atoms with Gasteiger partial charge in [-0.15, -0.1) is 0 Å². The zero-order valence-corrected chi connectivity index (χ0v) is 12.6. The monoisotopic (exact) mass is 326 g/mol. The molecule has 1 heterocycles. The van der Waals surface area contributed by atoms with E-state index < -0.39 is 0 Å². The molecule has 0 aliphatic carbocycles. The van der Waals surface area contributed by atoms with Crippen molar-refractivity contribution in [3.8, 4) is 11.5 Å². The molecule has 3 nitrogen and oxygen atoms in total. The number of rotatable bonds is 1. The van der Waals surface area contributed by atoms with E-state index in [2.05, 4.69) is 4.98 Å². The molecule has 0 amide bonds. The lowest BCUT2D eigenvalue weighted by Crippen LogP contribution is -1.88. The Bertz CT molecular complexity index is 827. The van der Waals surface area contributed by atoms with Crippen molar-refractivity contribution in [1.82, 2.24) is 4.98 Å². The first-order chi connectivity index (χ1) is 9.47. The first-order valence-electron chi connectivity index (χ1n) is 5.78. The molecule has 0 spiro atoms. The molecule has 0 aliphatic rings. The molecule has 3 rings (SSSR count). The zero-order chi connectivity index (χ0) is 14.4. The largest absolute Gasteiger partial charge is 0.436 e. The second-order valence-electron chi connectivity index (χ2n) is 4.42. The van der Waals surface area contributed by atoms with E-state index in [-0.39, 0.29) is 0 Å². The maximum absolute atomic E-state index is 6.13. The van der Waals surface area contributed by atoms with Gasteiger partial charge < -0.3 is 10.2 Å². The molecule has 0 fully saturated rings. The molecule has 0 bridgehead atoms. The molecule has 2 aromatic carbocycles. The van der Waals surface area contributed by atoms with E-state index in [1.54, 1.807) is 12.1 Å². The second kappa shape index (κ2) is 4.85. The highest BCUT2D eigenvalue weighted by Gasteiger charge is 2.16. The molecule has 102 valence electrons. The van der Waals surface area contributed by atoms with Gasteiger partial charge in [0.2, 0.25) is 5.89 Å². The number of nitrogen functional groups attached to an aromatic ring is 1. The van der Waals surface area contributed by atoms with Crippen molar-refractivity contribution in [1.29, 1.82) is 0 Å². The van der Waals surface area contributed by atoms with Crippen LogP contribution < -0.4 is 5.73 Å². The molecular formula is C14H9Cl3N2O. The summed E-state index contributed by atoms with van der Waals surface area (Å²) in [5.41, 5.74) is 8.79. The Morgan fingerprint density at radius 1 is 1.10 bits per heavy atom. The molecule has 0 aliphatic heterocycles. The SMILES string of the molecule is Cc1ccc(-c2nc3c(Cl)c(N)c(Cl)cc3o2)cc1Cl. The number of hydrogen-bond donors (Lipinski definition) is 1. The highest BCUT2D eigenvalue weighted by atomic mass is 35.5. The van der Waals surface area contributed by atoms with Crippen LogP contribution in [-0.4, -0.2) is 4.98 Å². The van der Waals surface area contributed by atoms with Crippen LogP contribution in [0.3, 0.4) is 0 Å². The first-order valence-corrected chi connectivity index (χ1v) is 6.91. The van der Waals surface area contributed by atoms with Crippen molar-refractivity contribution < 1.29 is 4.42 Å². The molecular weight excluding hydrogens is 319 g/mol. The zero-order valence-electron chi connectivity index (χ0n) is 10.4. The van der Waals surface area contributed by atoms with Gasteiger partial charge in [-0.05, 0) is 24.6 Å². The van der Waals surface area contributed by atoms with Crippen LogP contribution in [0.5, 0.6) is 0 Å². The molecule has 0 atom stereocenters. The highest BCUT2D eigenvalue weighted by molar-refractivity contribution is 6.42. The van der Waals surface area contributed by atoms with Gasteiger partial charge in [-0.3, -0.25) is 0 Å². The molecule has 0 saturated carbocycles. The van der Waals surface area contributed by atoms with Crippen LogP contribution in [0.15, 0.2) is 28.7 Å². The van der Waals surface area contributed by atoms with Gasteiger partial charge in [0, 0.05) is 16.7 Å². The van der Waals surface area contributed by atoms with Gasteiger partial charge >= 0.3 is 0 Å². The third-order valence-corrected chi connectivity index (χ3v) is 4.13. The van der Waals surface area contributed by atoms with E-state index in [1.165, 1.54) is 0 Å². The first kappa shape index (κ1) is 13.6. The highest BCUT2D eigenvalue weighted by Crippen LogP contribution is 2.37. The summed E-state index contributed by atoms with van der Waals surface area (Å²) in [7, 11) is 0. The van der Waals surface area contributed by atoms with Gasteiger partial charge in [-0.2, -0.15) is 0 Å². The van der Waals surface area contributed by atoms with Gasteiger partial charge in [-0.25, -0.2) is 4.98 Å². The van der Waals surface area contributed by atoms with Gasteiger partial charge in [0.1, 0.15) is 5.52 Å². The molecule has 1 aromatic heterocycles. The predicted molar refractivity (Wildman–Crippen MR) is 83.6 cm³/mol. The lowest BCUT2D eigenvalue weighted by Gasteiger charge is -1.99. The second-order valence-corrected chi connectivity index (χ2v) is 5.61. The Kier molecular flexibility index (Phi) is 3.28. The number of fused-ring (bicyclic) bond motifs is 1. The number of halogens is 3. The summed E-state index contributed by atoms with van der Waals surface area (Å²) in [4.78, 5) is 4.36. The Balaban J connectivity index is 2.23. The van der Waals surface area contributed by atoms with Crippen molar-refractivity contribution in [2.24, 2.45) is 0 Å².